The number of rotatable bonds is 6. The summed E-state index contributed by atoms with van der Waals surface area (Å²) in [6.07, 6.45) is 1.04. The van der Waals surface area contributed by atoms with E-state index in [0.717, 1.165) is 28.5 Å². The zero-order valence-corrected chi connectivity index (χ0v) is 18.2. The summed E-state index contributed by atoms with van der Waals surface area (Å²) in [7, 11) is 0. The molecule has 0 amide bonds. The van der Waals surface area contributed by atoms with Gasteiger partial charge in [-0.15, -0.1) is 0 Å². The minimum absolute atomic E-state index is 0.0971. The van der Waals surface area contributed by atoms with Gasteiger partial charge in [0.05, 0.1) is 17.4 Å². The maximum atomic E-state index is 13.0. The van der Waals surface area contributed by atoms with Crippen LogP contribution < -0.4 is 9.47 Å². The average Bonchev–Trinajstić information content (AvgIpc) is 3.10. The van der Waals surface area contributed by atoms with Gasteiger partial charge in [-0.2, -0.15) is 4.39 Å². The van der Waals surface area contributed by atoms with Crippen molar-refractivity contribution in [2.24, 2.45) is 0 Å². The Morgan fingerprint density at radius 1 is 0.824 bits per heavy atom. The first kappa shape index (κ1) is 22.7. The van der Waals surface area contributed by atoms with Gasteiger partial charge in [0.2, 0.25) is 5.83 Å². The topological polar surface area (TPSA) is 78.9 Å². The van der Waals surface area contributed by atoms with E-state index in [9.17, 15) is 18.8 Å². The molecule has 0 radical (unpaired) electrons. The monoisotopic (exact) mass is 458 g/mol. The van der Waals surface area contributed by atoms with Crippen molar-refractivity contribution in [3.8, 4) is 22.6 Å². The third-order valence-electron chi connectivity index (χ3n) is 5.46. The highest BCUT2D eigenvalue weighted by atomic mass is 19.1. The molecule has 1 aliphatic rings. The zero-order valence-electron chi connectivity index (χ0n) is 18.2. The van der Waals surface area contributed by atoms with E-state index in [1.54, 1.807) is 30.3 Å². The highest BCUT2D eigenvalue weighted by Gasteiger charge is 2.27. The molecule has 0 saturated carbocycles. The smallest absolute Gasteiger partial charge is 0.371 e. The minimum atomic E-state index is -1.17. The number of ether oxygens (including phenoxy) is 3. The number of hydrogen-bond donors (Lipinski definition) is 0. The van der Waals surface area contributed by atoms with E-state index >= 15 is 0 Å². The summed E-state index contributed by atoms with van der Waals surface area (Å²) < 4.78 is 28.1. The Kier molecular flexibility index (Phi) is 6.10. The molecule has 1 atom stereocenters. The molecule has 0 spiro atoms. The van der Waals surface area contributed by atoms with Gasteiger partial charge in [0.25, 0.3) is 0 Å². The third kappa shape index (κ3) is 4.36. The number of esters is 3. The number of fused-ring (bicyclic) bond motifs is 3. The van der Waals surface area contributed by atoms with Crippen molar-refractivity contribution in [2.45, 2.75) is 12.8 Å². The van der Waals surface area contributed by atoms with E-state index in [-0.39, 0.29) is 17.4 Å². The van der Waals surface area contributed by atoms with Crippen molar-refractivity contribution in [2.75, 3.05) is 0 Å². The maximum absolute atomic E-state index is 13.0. The van der Waals surface area contributed by atoms with E-state index in [0.29, 0.717) is 11.1 Å². The molecule has 0 N–H and O–H groups in total. The first-order valence-electron chi connectivity index (χ1n) is 10.3. The van der Waals surface area contributed by atoms with Crippen molar-refractivity contribution >= 4 is 17.9 Å². The van der Waals surface area contributed by atoms with Gasteiger partial charge in [-0.05, 0) is 70.8 Å². The summed E-state index contributed by atoms with van der Waals surface area (Å²) in [4.78, 5) is 35.9. The van der Waals surface area contributed by atoms with E-state index in [1.807, 2.05) is 13.0 Å². The fourth-order valence-corrected chi connectivity index (χ4v) is 3.80. The molecule has 6 nitrogen and oxygen atoms in total. The van der Waals surface area contributed by atoms with Crippen LogP contribution in [-0.2, 0) is 9.53 Å². The zero-order chi connectivity index (χ0) is 24.4. The Morgan fingerprint density at radius 3 is 2.06 bits per heavy atom. The molecule has 0 saturated heterocycles. The van der Waals surface area contributed by atoms with Crippen LogP contribution in [0.2, 0.25) is 0 Å². The Balaban J connectivity index is 1.52. The van der Waals surface area contributed by atoms with Crippen LogP contribution in [0.3, 0.4) is 0 Å². The van der Waals surface area contributed by atoms with Gasteiger partial charge in [0.1, 0.15) is 11.5 Å². The lowest BCUT2D eigenvalue weighted by Crippen LogP contribution is -2.09. The largest absolute Gasteiger partial charge is 0.432 e. The van der Waals surface area contributed by atoms with Crippen LogP contribution >= 0.6 is 0 Å². The Hall–Kier alpha value is -4.52. The van der Waals surface area contributed by atoms with Crippen LogP contribution in [0.1, 0.15) is 44.7 Å². The molecule has 0 bridgehead atoms. The molecule has 7 heteroatoms. The quantitative estimate of drug-likeness (QED) is 0.203. The lowest BCUT2D eigenvalue weighted by atomic mass is 9.98. The Labute approximate surface area is 194 Å². The normalized spacial score (nSPS) is 13.3. The van der Waals surface area contributed by atoms with Crippen molar-refractivity contribution in [1.29, 1.82) is 0 Å². The summed E-state index contributed by atoms with van der Waals surface area (Å²) in [5, 5.41) is 0. The number of carbonyl (C=O) groups excluding carboxylic acids is 3. The lowest BCUT2D eigenvalue weighted by molar-refractivity contribution is -0.131. The molecule has 0 aromatic heterocycles. The number of hydrogen-bond acceptors (Lipinski definition) is 6. The molecule has 3 aromatic carbocycles. The molecule has 0 heterocycles. The highest BCUT2D eigenvalue weighted by Crippen LogP contribution is 2.46. The van der Waals surface area contributed by atoms with E-state index in [1.165, 1.54) is 24.3 Å². The second-order valence-electron chi connectivity index (χ2n) is 7.55. The summed E-state index contributed by atoms with van der Waals surface area (Å²) in [5.74, 6) is -3.04. The SMILES string of the molecule is C=COC(=O)c1ccc(OC(=O)c2ccc3c(c2)C(C)c2cc(OC(=O)C(=C)F)ccc2-3)cc1. The van der Waals surface area contributed by atoms with Crippen LogP contribution in [0, 0.1) is 0 Å². The summed E-state index contributed by atoms with van der Waals surface area (Å²) >= 11 is 0. The van der Waals surface area contributed by atoms with Crippen LogP contribution in [-0.4, -0.2) is 17.9 Å². The lowest BCUT2D eigenvalue weighted by Gasteiger charge is -2.10. The molecule has 34 heavy (non-hydrogen) atoms. The van der Waals surface area contributed by atoms with Crippen LogP contribution in [0.4, 0.5) is 4.39 Å². The first-order valence-corrected chi connectivity index (χ1v) is 10.3. The molecule has 1 unspecified atom stereocenters. The first-order chi connectivity index (χ1) is 16.3. The van der Waals surface area contributed by atoms with Gasteiger partial charge < -0.3 is 14.2 Å². The molecular weight excluding hydrogens is 439 g/mol. The van der Waals surface area contributed by atoms with Crippen molar-refractivity contribution in [3.63, 3.8) is 0 Å². The molecule has 1 aliphatic carbocycles. The standard InChI is InChI=1S/C27H19FO6/c1-4-32-26(30)17-5-8-19(9-6-17)33-27(31)18-7-11-21-22-12-10-20(34-25(29)16(3)28)14-24(22)15(2)23(21)13-18/h4-15H,1,3H2,2H3. The highest BCUT2D eigenvalue weighted by molar-refractivity contribution is 5.94. The van der Waals surface area contributed by atoms with Crippen LogP contribution in [0.5, 0.6) is 11.5 Å². The van der Waals surface area contributed by atoms with Crippen LogP contribution in [0.25, 0.3) is 11.1 Å². The maximum Gasteiger partial charge on any atom is 0.371 e. The molecular formula is C27H19FO6. The van der Waals surface area contributed by atoms with Gasteiger partial charge in [-0.1, -0.05) is 32.2 Å². The summed E-state index contributed by atoms with van der Waals surface area (Å²) in [6, 6.07) is 16.3. The Bertz CT molecular complexity index is 1340. The van der Waals surface area contributed by atoms with Crippen molar-refractivity contribution < 1.29 is 33.0 Å². The number of carbonyl (C=O) groups is 3. The molecule has 170 valence electrons. The van der Waals surface area contributed by atoms with Gasteiger partial charge in [-0.25, -0.2) is 14.4 Å². The third-order valence-corrected chi connectivity index (χ3v) is 5.46. The van der Waals surface area contributed by atoms with Crippen LogP contribution in [0.15, 0.2) is 85.9 Å². The molecule has 4 rings (SSSR count). The van der Waals surface area contributed by atoms with Gasteiger partial charge >= 0.3 is 17.9 Å². The van der Waals surface area contributed by atoms with Gasteiger partial charge in [-0.3, -0.25) is 0 Å². The molecule has 0 aliphatic heterocycles. The van der Waals surface area contributed by atoms with Gasteiger partial charge in [0.15, 0.2) is 0 Å². The van der Waals surface area contributed by atoms with E-state index < -0.39 is 23.7 Å². The molecule has 3 aromatic rings. The number of halogens is 1. The average molecular weight is 458 g/mol. The minimum Gasteiger partial charge on any atom is -0.432 e. The number of benzene rings is 3. The summed E-state index contributed by atoms with van der Waals surface area (Å²) in [5.41, 5.74) is 4.32. The second kappa shape index (κ2) is 9.15. The van der Waals surface area contributed by atoms with E-state index in [4.69, 9.17) is 14.2 Å². The van der Waals surface area contributed by atoms with Crippen molar-refractivity contribution in [3.05, 3.63) is 108 Å². The predicted octanol–water partition coefficient (Wildman–Crippen LogP) is 5.73. The fraction of sp³-hybridized carbons (Fsp3) is 0.0741. The predicted molar refractivity (Wildman–Crippen MR) is 122 cm³/mol. The summed E-state index contributed by atoms with van der Waals surface area (Å²) in [6.45, 7) is 8.23. The second-order valence-corrected chi connectivity index (χ2v) is 7.55. The van der Waals surface area contributed by atoms with Crippen molar-refractivity contribution in [1.82, 2.24) is 0 Å². The van der Waals surface area contributed by atoms with E-state index in [2.05, 4.69) is 13.2 Å². The van der Waals surface area contributed by atoms with Gasteiger partial charge in [0, 0.05) is 5.92 Å². The molecule has 0 fully saturated rings. The Morgan fingerprint density at radius 2 is 1.41 bits per heavy atom. The fourth-order valence-electron chi connectivity index (χ4n) is 3.80.